The summed E-state index contributed by atoms with van der Waals surface area (Å²) in [5, 5.41) is 4.62. The van der Waals surface area contributed by atoms with Crippen LogP contribution in [0, 0.1) is 0 Å². The quantitative estimate of drug-likeness (QED) is 0.708. The van der Waals surface area contributed by atoms with Crippen LogP contribution in [0.3, 0.4) is 0 Å². The normalized spacial score (nSPS) is 12.7. The summed E-state index contributed by atoms with van der Waals surface area (Å²) >= 11 is 0. The fourth-order valence-corrected chi connectivity index (χ4v) is 1.91. The number of nitrogens with one attached hydrogen (secondary N) is 2. The van der Waals surface area contributed by atoms with Crippen LogP contribution in [0.15, 0.2) is 24.3 Å². The summed E-state index contributed by atoms with van der Waals surface area (Å²) in [4.78, 5) is 35.2. The molecule has 0 aliphatic heterocycles. The molecule has 0 heterocycles. The lowest BCUT2D eigenvalue weighted by Crippen LogP contribution is -2.35. The van der Waals surface area contributed by atoms with E-state index in [0.29, 0.717) is 0 Å². The van der Waals surface area contributed by atoms with E-state index in [4.69, 9.17) is 9.47 Å². The minimum absolute atomic E-state index is 0.0598. The van der Waals surface area contributed by atoms with Gasteiger partial charge < -0.3 is 20.1 Å². The number of anilines is 1. The van der Waals surface area contributed by atoms with Crippen molar-refractivity contribution in [2.45, 2.75) is 52.0 Å². The van der Waals surface area contributed by atoms with Gasteiger partial charge in [0.25, 0.3) is 5.91 Å². The van der Waals surface area contributed by atoms with Crippen LogP contribution in [0.1, 0.15) is 39.7 Å². The first kappa shape index (κ1) is 23.3. The van der Waals surface area contributed by atoms with Crippen LogP contribution in [-0.4, -0.2) is 36.2 Å². The third kappa shape index (κ3) is 8.74. The first-order valence-electron chi connectivity index (χ1n) is 8.42. The van der Waals surface area contributed by atoms with Gasteiger partial charge in [-0.25, -0.2) is 4.79 Å². The van der Waals surface area contributed by atoms with E-state index in [9.17, 15) is 27.6 Å². The van der Waals surface area contributed by atoms with Gasteiger partial charge in [0.15, 0.2) is 6.10 Å². The smallest absolute Gasteiger partial charge is 0.416 e. The number of carbonyl (C=O) groups excluding carboxylic acids is 3. The lowest BCUT2D eigenvalue weighted by Gasteiger charge is -2.19. The van der Waals surface area contributed by atoms with E-state index in [1.54, 1.807) is 20.8 Å². The number of ether oxygens (including phenoxy) is 2. The Morgan fingerprint density at radius 3 is 2.36 bits per heavy atom. The lowest BCUT2D eigenvalue weighted by atomic mass is 10.2. The van der Waals surface area contributed by atoms with E-state index < -0.39 is 41.4 Å². The maximum atomic E-state index is 12.7. The molecule has 1 rings (SSSR count). The number of alkyl halides is 3. The Morgan fingerprint density at radius 2 is 1.79 bits per heavy atom. The van der Waals surface area contributed by atoms with Crippen molar-refractivity contribution in [1.82, 2.24) is 5.32 Å². The summed E-state index contributed by atoms with van der Waals surface area (Å²) in [5.74, 6) is -1.55. The van der Waals surface area contributed by atoms with Crippen molar-refractivity contribution >= 4 is 23.7 Å². The minimum Gasteiger partial charge on any atom is -0.452 e. The Labute approximate surface area is 160 Å². The van der Waals surface area contributed by atoms with Crippen molar-refractivity contribution in [1.29, 1.82) is 0 Å². The molecule has 0 saturated carbocycles. The number of carbonyl (C=O) groups is 3. The molecule has 10 heteroatoms. The highest BCUT2D eigenvalue weighted by Gasteiger charge is 2.30. The summed E-state index contributed by atoms with van der Waals surface area (Å²) in [5.41, 5.74) is -1.67. The maximum Gasteiger partial charge on any atom is 0.416 e. The molecule has 0 unspecified atom stereocenters. The SMILES string of the molecule is C[C@H](OC(=O)CCNC(=O)OC(C)(C)C)C(=O)Nc1cccc(C(F)(F)F)c1. The highest BCUT2D eigenvalue weighted by Crippen LogP contribution is 2.30. The average Bonchev–Trinajstić information content (AvgIpc) is 2.52. The van der Waals surface area contributed by atoms with Gasteiger partial charge in [0.05, 0.1) is 12.0 Å². The summed E-state index contributed by atoms with van der Waals surface area (Å²) in [6.45, 7) is 6.28. The van der Waals surface area contributed by atoms with Gasteiger partial charge in [0, 0.05) is 12.2 Å². The van der Waals surface area contributed by atoms with Gasteiger partial charge in [-0.05, 0) is 45.9 Å². The van der Waals surface area contributed by atoms with Crippen molar-refractivity contribution in [3.63, 3.8) is 0 Å². The van der Waals surface area contributed by atoms with Crippen LogP contribution in [0.5, 0.6) is 0 Å². The third-order valence-electron chi connectivity index (χ3n) is 3.13. The fourth-order valence-electron chi connectivity index (χ4n) is 1.91. The number of amides is 2. The number of esters is 1. The number of halogens is 3. The van der Waals surface area contributed by atoms with Crippen LogP contribution in [-0.2, 0) is 25.2 Å². The number of hydrogen-bond donors (Lipinski definition) is 2. The van der Waals surface area contributed by atoms with Crippen LogP contribution < -0.4 is 10.6 Å². The molecule has 0 spiro atoms. The van der Waals surface area contributed by atoms with E-state index in [-0.39, 0.29) is 18.7 Å². The minimum atomic E-state index is -4.54. The van der Waals surface area contributed by atoms with E-state index in [1.165, 1.54) is 13.0 Å². The Bertz CT molecular complexity index is 714. The molecule has 0 saturated heterocycles. The Hall–Kier alpha value is -2.78. The molecule has 2 N–H and O–H groups in total. The van der Waals surface area contributed by atoms with Crippen molar-refractivity contribution < 1.29 is 37.0 Å². The van der Waals surface area contributed by atoms with Crippen molar-refractivity contribution in [3.8, 4) is 0 Å². The van der Waals surface area contributed by atoms with Crippen molar-refractivity contribution in [2.24, 2.45) is 0 Å². The average molecular weight is 404 g/mol. The first-order valence-corrected chi connectivity index (χ1v) is 8.42. The van der Waals surface area contributed by atoms with Crippen LogP contribution >= 0.6 is 0 Å². The van der Waals surface area contributed by atoms with Gasteiger partial charge in [-0.3, -0.25) is 9.59 Å². The van der Waals surface area contributed by atoms with E-state index >= 15 is 0 Å². The van der Waals surface area contributed by atoms with Gasteiger partial charge in [0.2, 0.25) is 0 Å². The van der Waals surface area contributed by atoms with E-state index in [1.807, 2.05) is 0 Å². The zero-order valence-corrected chi connectivity index (χ0v) is 16.0. The molecule has 1 atom stereocenters. The molecule has 1 aromatic carbocycles. The molecular weight excluding hydrogens is 381 g/mol. The molecular formula is C18H23F3N2O5. The number of alkyl carbamates (subject to hydrolysis) is 1. The predicted molar refractivity (Wildman–Crippen MR) is 94.5 cm³/mol. The molecule has 2 amide bonds. The lowest BCUT2D eigenvalue weighted by molar-refractivity contribution is -0.153. The Kier molecular flexibility index (Phi) is 7.83. The molecule has 0 aliphatic rings. The van der Waals surface area contributed by atoms with Gasteiger partial charge in [-0.1, -0.05) is 6.07 Å². The number of benzene rings is 1. The molecule has 0 aliphatic carbocycles. The van der Waals surface area contributed by atoms with Gasteiger partial charge in [0.1, 0.15) is 5.60 Å². The molecule has 28 heavy (non-hydrogen) atoms. The van der Waals surface area contributed by atoms with Crippen LogP contribution in [0.2, 0.25) is 0 Å². The van der Waals surface area contributed by atoms with Crippen LogP contribution in [0.4, 0.5) is 23.7 Å². The molecule has 1 aromatic rings. The largest absolute Gasteiger partial charge is 0.452 e. The summed E-state index contributed by atoms with van der Waals surface area (Å²) in [7, 11) is 0. The fraction of sp³-hybridized carbons (Fsp3) is 0.500. The molecule has 7 nitrogen and oxygen atoms in total. The zero-order chi connectivity index (χ0) is 21.5. The van der Waals surface area contributed by atoms with E-state index in [0.717, 1.165) is 18.2 Å². The molecule has 156 valence electrons. The summed E-state index contributed by atoms with van der Waals surface area (Å²) in [6, 6.07) is 4.08. The molecule has 0 aromatic heterocycles. The third-order valence-corrected chi connectivity index (χ3v) is 3.13. The second-order valence-corrected chi connectivity index (χ2v) is 6.88. The summed E-state index contributed by atoms with van der Waals surface area (Å²) < 4.78 is 47.9. The second kappa shape index (κ2) is 9.43. The van der Waals surface area contributed by atoms with Crippen LogP contribution in [0.25, 0.3) is 0 Å². The highest BCUT2D eigenvalue weighted by atomic mass is 19.4. The first-order chi connectivity index (χ1) is 12.8. The molecule has 0 fully saturated rings. The van der Waals surface area contributed by atoms with Crippen molar-refractivity contribution in [3.05, 3.63) is 29.8 Å². The Morgan fingerprint density at radius 1 is 1.14 bits per heavy atom. The van der Waals surface area contributed by atoms with E-state index in [2.05, 4.69) is 10.6 Å². The topological polar surface area (TPSA) is 93.7 Å². The predicted octanol–water partition coefficient (Wildman–Crippen LogP) is 3.49. The molecule has 0 radical (unpaired) electrons. The summed E-state index contributed by atoms with van der Waals surface area (Å²) in [6.07, 6.45) is -6.68. The highest BCUT2D eigenvalue weighted by molar-refractivity contribution is 5.95. The van der Waals surface area contributed by atoms with Gasteiger partial charge >= 0.3 is 18.2 Å². The number of rotatable bonds is 6. The number of hydrogen-bond acceptors (Lipinski definition) is 5. The monoisotopic (exact) mass is 404 g/mol. The van der Waals surface area contributed by atoms with Crippen molar-refractivity contribution in [2.75, 3.05) is 11.9 Å². The van der Waals surface area contributed by atoms with Gasteiger partial charge in [-0.2, -0.15) is 13.2 Å². The second-order valence-electron chi connectivity index (χ2n) is 6.88. The molecule has 0 bridgehead atoms. The zero-order valence-electron chi connectivity index (χ0n) is 16.0. The standard InChI is InChI=1S/C18H23F3N2O5/c1-11(27-14(24)8-9-22-16(26)28-17(2,3)4)15(25)23-13-7-5-6-12(10-13)18(19,20)21/h5-7,10-11H,8-9H2,1-4H3,(H,22,26)(H,23,25)/t11-/m0/s1. The van der Waals surface area contributed by atoms with Gasteiger partial charge in [-0.15, -0.1) is 0 Å². The Balaban J connectivity index is 2.46. The maximum absolute atomic E-state index is 12.7.